The zero-order valence-electron chi connectivity index (χ0n) is 15.5. The Morgan fingerprint density at radius 2 is 1.71 bits per heavy atom. The van der Waals surface area contributed by atoms with Crippen LogP contribution >= 0.6 is 11.3 Å². The van der Waals surface area contributed by atoms with E-state index in [1.807, 2.05) is 41.8 Å². The number of aryl methyl sites for hydroxylation is 1. The quantitative estimate of drug-likeness (QED) is 0.643. The van der Waals surface area contributed by atoms with E-state index in [0.717, 1.165) is 17.2 Å². The molecule has 1 aliphatic heterocycles. The largest absolute Gasteiger partial charge is 0.340 e. The van der Waals surface area contributed by atoms with E-state index >= 15 is 0 Å². The van der Waals surface area contributed by atoms with E-state index in [1.54, 1.807) is 28.4 Å². The predicted molar refractivity (Wildman–Crippen MR) is 112 cm³/mol. The SMILES string of the molecule is O=C(CCc1ccsc1)N1CCN(S(=O)(=O)c2ccc3ccccc3c2)CC1. The number of benzene rings is 2. The molecule has 0 N–H and O–H groups in total. The molecule has 28 heavy (non-hydrogen) atoms. The molecule has 2 aromatic carbocycles. The van der Waals surface area contributed by atoms with Gasteiger partial charge in [0.05, 0.1) is 4.90 Å². The van der Waals surface area contributed by atoms with E-state index < -0.39 is 10.0 Å². The summed E-state index contributed by atoms with van der Waals surface area (Å²) in [5, 5.41) is 5.99. The van der Waals surface area contributed by atoms with Gasteiger partial charge in [-0.25, -0.2) is 8.42 Å². The number of hydrogen-bond acceptors (Lipinski definition) is 4. The van der Waals surface area contributed by atoms with Gasteiger partial charge in [0.15, 0.2) is 0 Å². The van der Waals surface area contributed by atoms with Crippen LogP contribution in [0.2, 0.25) is 0 Å². The molecule has 5 nitrogen and oxygen atoms in total. The highest BCUT2D eigenvalue weighted by Crippen LogP contribution is 2.23. The van der Waals surface area contributed by atoms with Crippen molar-refractivity contribution >= 4 is 38.0 Å². The first kappa shape index (κ1) is 19.1. The lowest BCUT2D eigenvalue weighted by molar-refractivity contribution is -0.132. The van der Waals surface area contributed by atoms with Crippen LogP contribution in [0.15, 0.2) is 64.2 Å². The van der Waals surface area contributed by atoms with Crippen molar-refractivity contribution < 1.29 is 13.2 Å². The molecule has 0 saturated carbocycles. The van der Waals surface area contributed by atoms with Gasteiger partial charge in [-0.3, -0.25) is 4.79 Å². The number of sulfonamides is 1. The molecule has 7 heteroatoms. The molecule has 4 rings (SSSR count). The van der Waals surface area contributed by atoms with E-state index in [2.05, 4.69) is 5.38 Å². The third kappa shape index (κ3) is 3.97. The molecule has 1 amide bonds. The number of fused-ring (bicyclic) bond motifs is 1. The molecule has 1 aromatic heterocycles. The Balaban J connectivity index is 1.39. The van der Waals surface area contributed by atoms with Gasteiger partial charge in [0.25, 0.3) is 0 Å². The minimum Gasteiger partial charge on any atom is -0.340 e. The predicted octanol–water partition coefficient (Wildman–Crippen LogP) is 3.37. The van der Waals surface area contributed by atoms with Gasteiger partial charge in [0.2, 0.25) is 15.9 Å². The van der Waals surface area contributed by atoms with E-state index in [4.69, 9.17) is 0 Å². The van der Waals surface area contributed by atoms with Crippen molar-refractivity contribution in [3.8, 4) is 0 Å². The summed E-state index contributed by atoms with van der Waals surface area (Å²) < 4.78 is 27.5. The molecule has 0 spiro atoms. The molecule has 0 aliphatic carbocycles. The summed E-state index contributed by atoms with van der Waals surface area (Å²) in [4.78, 5) is 14.5. The minimum absolute atomic E-state index is 0.0916. The maximum absolute atomic E-state index is 13.0. The highest BCUT2D eigenvalue weighted by molar-refractivity contribution is 7.89. The number of hydrogen-bond donors (Lipinski definition) is 0. The van der Waals surface area contributed by atoms with Crippen molar-refractivity contribution in [1.29, 1.82) is 0 Å². The first-order valence-corrected chi connectivity index (χ1v) is 11.7. The Morgan fingerprint density at radius 3 is 2.43 bits per heavy atom. The van der Waals surface area contributed by atoms with E-state index in [0.29, 0.717) is 37.5 Å². The molecule has 2 heterocycles. The summed E-state index contributed by atoms with van der Waals surface area (Å²) in [6.07, 6.45) is 1.20. The monoisotopic (exact) mass is 414 g/mol. The smallest absolute Gasteiger partial charge is 0.243 e. The van der Waals surface area contributed by atoms with Crippen LogP contribution in [0.25, 0.3) is 10.8 Å². The Hall–Kier alpha value is -2.22. The summed E-state index contributed by atoms with van der Waals surface area (Å²) in [6.45, 7) is 1.54. The van der Waals surface area contributed by atoms with Crippen LogP contribution in [0.3, 0.4) is 0 Å². The van der Waals surface area contributed by atoms with Gasteiger partial charge in [-0.05, 0) is 51.7 Å². The fraction of sp³-hybridized carbons (Fsp3) is 0.286. The second-order valence-corrected chi connectivity index (χ2v) is 9.64. The maximum atomic E-state index is 13.0. The van der Waals surface area contributed by atoms with Gasteiger partial charge in [-0.1, -0.05) is 30.3 Å². The van der Waals surface area contributed by atoms with Crippen LogP contribution in [0, 0.1) is 0 Å². The standard InChI is InChI=1S/C21H22N2O3S2/c24-21(8-5-17-9-14-27-16-17)22-10-12-23(13-11-22)28(25,26)20-7-6-18-3-1-2-4-19(18)15-20/h1-4,6-7,9,14-16H,5,8,10-13H2. The zero-order valence-corrected chi connectivity index (χ0v) is 17.1. The third-order valence-electron chi connectivity index (χ3n) is 5.16. The Morgan fingerprint density at radius 1 is 0.964 bits per heavy atom. The van der Waals surface area contributed by atoms with Crippen LogP contribution in [0.1, 0.15) is 12.0 Å². The van der Waals surface area contributed by atoms with Gasteiger partial charge in [0.1, 0.15) is 0 Å². The van der Waals surface area contributed by atoms with Crippen molar-refractivity contribution in [1.82, 2.24) is 9.21 Å². The number of nitrogens with zero attached hydrogens (tertiary/aromatic N) is 2. The van der Waals surface area contributed by atoms with Crippen molar-refractivity contribution in [2.24, 2.45) is 0 Å². The van der Waals surface area contributed by atoms with Crippen molar-refractivity contribution in [3.05, 3.63) is 64.9 Å². The number of rotatable bonds is 5. The van der Waals surface area contributed by atoms with Gasteiger partial charge < -0.3 is 4.90 Å². The molecule has 0 radical (unpaired) electrons. The molecule has 1 saturated heterocycles. The van der Waals surface area contributed by atoms with E-state index in [-0.39, 0.29) is 5.91 Å². The molecule has 1 aliphatic rings. The van der Waals surface area contributed by atoms with Crippen LogP contribution in [-0.2, 0) is 21.2 Å². The van der Waals surface area contributed by atoms with Crippen LogP contribution in [0.4, 0.5) is 0 Å². The lowest BCUT2D eigenvalue weighted by Gasteiger charge is -2.34. The molecule has 0 bridgehead atoms. The number of amides is 1. The Kier molecular flexibility index (Phi) is 5.48. The lowest BCUT2D eigenvalue weighted by atomic mass is 10.1. The van der Waals surface area contributed by atoms with Gasteiger partial charge in [-0.2, -0.15) is 15.6 Å². The topological polar surface area (TPSA) is 57.7 Å². The van der Waals surface area contributed by atoms with Crippen LogP contribution in [0.5, 0.6) is 0 Å². The number of thiophene rings is 1. The van der Waals surface area contributed by atoms with Crippen LogP contribution < -0.4 is 0 Å². The van der Waals surface area contributed by atoms with Gasteiger partial charge in [-0.15, -0.1) is 0 Å². The van der Waals surface area contributed by atoms with Gasteiger partial charge >= 0.3 is 0 Å². The van der Waals surface area contributed by atoms with E-state index in [1.165, 1.54) is 9.87 Å². The second kappa shape index (κ2) is 8.03. The zero-order chi connectivity index (χ0) is 19.6. The van der Waals surface area contributed by atoms with Crippen molar-refractivity contribution in [3.63, 3.8) is 0 Å². The Labute approximate surface area is 169 Å². The Bertz CT molecular complexity index is 1070. The molecule has 1 fully saturated rings. The molecular weight excluding hydrogens is 392 g/mol. The van der Waals surface area contributed by atoms with E-state index in [9.17, 15) is 13.2 Å². The van der Waals surface area contributed by atoms with Crippen LogP contribution in [-0.4, -0.2) is 49.7 Å². The average Bonchev–Trinajstić information content (AvgIpc) is 3.25. The summed E-state index contributed by atoms with van der Waals surface area (Å²) in [6, 6.07) is 15.0. The number of carbonyl (C=O) groups is 1. The van der Waals surface area contributed by atoms with Gasteiger partial charge in [0, 0.05) is 32.6 Å². The second-order valence-electron chi connectivity index (χ2n) is 6.93. The molecule has 0 unspecified atom stereocenters. The first-order chi connectivity index (χ1) is 13.5. The van der Waals surface area contributed by atoms with Crippen molar-refractivity contribution in [2.45, 2.75) is 17.7 Å². The highest BCUT2D eigenvalue weighted by Gasteiger charge is 2.30. The number of carbonyl (C=O) groups excluding carboxylic acids is 1. The first-order valence-electron chi connectivity index (χ1n) is 9.32. The highest BCUT2D eigenvalue weighted by atomic mass is 32.2. The normalized spacial score (nSPS) is 15.8. The number of piperazine rings is 1. The molecule has 0 atom stereocenters. The fourth-order valence-electron chi connectivity index (χ4n) is 3.50. The summed E-state index contributed by atoms with van der Waals surface area (Å²) >= 11 is 1.63. The average molecular weight is 415 g/mol. The molecule has 3 aromatic rings. The lowest BCUT2D eigenvalue weighted by Crippen LogP contribution is -2.50. The summed E-state index contributed by atoms with van der Waals surface area (Å²) in [5.41, 5.74) is 1.18. The fourth-order valence-corrected chi connectivity index (χ4v) is 5.66. The maximum Gasteiger partial charge on any atom is 0.243 e. The summed E-state index contributed by atoms with van der Waals surface area (Å²) in [7, 11) is -3.55. The third-order valence-corrected chi connectivity index (χ3v) is 7.78. The minimum atomic E-state index is -3.55. The summed E-state index contributed by atoms with van der Waals surface area (Å²) in [5.74, 6) is 0.0916. The van der Waals surface area contributed by atoms with Crippen molar-refractivity contribution in [2.75, 3.05) is 26.2 Å². The molecule has 146 valence electrons. The molecular formula is C21H22N2O3S2.